The van der Waals surface area contributed by atoms with E-state index >= 15 is 0 Å². The monoisotopic (exact) mass is 474 g/mol. The second kappa shape index (κ2) is 10.1. The number of aromatic carboxylic acids is 1. The van der Waals surface area contributed by atoms with E-state index in [-0.39, 0.29) is 10.5 Å². The number of amides is 1. The third-order valence-corrected chi connectivity index (χ3v) is 6.01. The van der Waals surface area contributed by atoms with Crippen LogP contribution in [0.25, 0.3) is 0 Å². The van der Waals surface area contributed by atoms with Crippen LogP contribution in [0.5, 0.6) is 0 Å². The first-order valence-corrected chi connectivity index (χ1v) is 10.6. The Bertz CT molecular complexity index is 1010. The van der Waals surface area contributed by atoms with Gasteiger partial charge in [0.1, 0.15) is 18.3 Å². The maximum absolute atomic E-state index is 12.8. The van der Waals surface area contributed by atoms with Crippen LogP contribution in [-0.4, -0.2) is 88.8 Å². The Kier molecular flexibility index (Phi) is 7.92. The van der Waals surface area contributed by atoms with Crippen LogP contribution < -0.4 is 10.0 Å². The molecule has 0 radical (unpaired) electrons. The quantitative estimate of drug-likeness (QED) is 0.200. The highest BCUT2D eigenvalue weighted by atomic mass is 32.2. The lowest BCUT2D eigenvalue weighted by molar-refractivity contribution is -0.146. The zero-order valence-corrected chi connectivity index (χ0v) is 17.4. The molecule has 1 aliphatic rings. The molecule has 0 spiro atoms. The maximum atomic E-state index is 12.8. The molecule has 0 saturated carbocycles. The molecule has 0 saturated heterocycles. The molecule has 0 bridgehead atoms. The predicted octanol–water partition coefficient (Wildman–Crippen LogP) is -2.38. The number of hydrogen-bond acceptors (Lipinski definition) is 9. The molecule has 1 heterocycles. The molecule has 0 aliphatic carbocycles. The van der Waals surface area contributed by atoms with Gasteiger partial charge in [-0.1, -0.05) is 0 Å². The highest BCUT2D eigenvalue weighted by molar-refractivity contribution is 7.89. The van der Waals surface area contributed by atoms with Crippen molar-refractivity contribution >= 4 is 27.9 Å². The highest BCUT2D eigenvalue weighted by Gasteiger charge is 2.44. The summed E-state index contributed by atoms with van der Waals surface area (Å²) in [7, 11) is -4.38. The van der Waals surface area contributed by atoms with E-state index in [2.05, 4.69) is 10.0 Å². The third kappa shape index (κ3) is 5.80. The van der Waals surface area contributed by atoms with E-state index in [1.54, 1.807) is 0 Å². The normalized spacial score (nSPS) is 22.8. The molecular formula is C18H22N2O11S. The number of sulfonamides is 1. The fourth-order valence-electron chi connectivity index (χ4n) is 3.00. The summed E-state index contributed by atoms with van der Waals surface area (Å²) >= 11 is 0. The average Bonchev–Trinajstić information content (AvgIpc) is 2.73. The van der Waals surface area contributed by atoms with E-state index in [4.69, 9.17) is 14.9 Å². The van der Waals surface area contributed by atoms with Crippen molar-refractivity contribution < 1.29 is 53.1 Å². The SMILES string of the molecule is CC(=O)N[C@H]1[C@H]([C@H](O)[C@H](O)CO)OC(C(=O)O)=C[C@@H]1NS(=O)(=O)c1ccc(C(=O)O)cc1. The predicted molar refractivity (Wildman–Crippen MR) is 105 cm³/mol. The lowest BCUT2D eigenvalue weighted by Crippen LogP contribution is -2.63. The number of ether oxygens (including phenoxy) is 1. The van der Waals surface area contributed by atoms with Gasteiger partial charge < -0.3 is 35.6 Å². The standard InChI is InChI=1S/C18H22N2O11S/c1-8(22)19-14-11(6-13(18(27)28)31-16(14)15(24)12(23)7-21)20-32(29,30)10-4-2-9(3-5-10)17(25)26/h2-6,11-12,14-16,20-21,23-24H,7H2,1H3,(H,19,22)(H,25,26)(H,27,28)/t11-,12+,14+,15+,16+/m0/s1. The molecule has 7 N–H and O–H groups in total. The second-order valence-electron chi connectivity index (χ2n) is 6.86. The maximum Gasteiger partial charge on any atom is 0.370 e. The van der Waals surface area contributed by atoms with Crippen molar-refractivity contribution in [3.05, 3.63) is 41.7 Å². The summed E-state index contributed by atoms with van der Waals surface area (Å²) in [6, 6.07) is 1.28. The first kappa shape index (κ1) is 25.2. The van der Waals surface area contributed by atoms with Gasteiger partial charge in [-0.2, -0.15) is 0 Å². The van der Waals surface area contributed by atoms with Gasteiger partial charge in [0.15, 0.2) is 0 Å². The van der Waals surface area contributed by atoms with Crippen molar-refractivity contribution in [2.75, 3.05) is 6.61 Å². The van der Waals surface area contributed by atoms with Crippen LogP contribution in [-0.2, 0) is 24.3 Å². The Hall–Kier alpha value is -3.04. The second-order valence-corrected chi connectivity index (χ2v) is 8.58. The number of aliphatic carboxylic acids is 1. The molecule has 0 aromatic heterocycles. The number of hydrogen-bond donors (Lipinski definition) is 7. The van der Waals surface area contributed by atoms with Gasteiger partial charge in [-0.15, -0.1) is 0 Å². The Morgan fingerprint density at radius 2 is 1.69 bits per heavy atom. The minimum absolute atomic E-state index is 0.166. The number of carbonyl (C=O) groups excluding carboxylic acids is 1. The Morgan fingerprint density at radius 1 is 1.09 bits per heavy atom. The molecule has 0 unspecified atom stereocenters. The fourth-order valence-corrected chi connectivity index (χ4v) is 4.20. The zero-order chi connectivity index (χ0) is 24.2. The number of aliphatic hydroxyl groups is 3. The van der Waals surface area contributed by atoms with E-state index in [9.17, 15) is 38.1 Å². The van der Waals surface area contributed by atoms with Gasteiger partial charge in [0.2, 0.25) is 21.7 Å². The number of rotatable bonds is 9. The lowest BCUT2D eigenvalue weighted by Gasteiger charge is -2.39. The molecule has 1 aromatic rings. The minimum atomic E-state index is -4.38. The number of aliphatic hydroxyl groups excluding tert-OH is 3. The molecule has 2 rings (SSSR count). The molecule has 13 nitrogen and oxygen atoms in total. The van der Waals surface area contributed by atoms with E-state index in [0.29, 0.717) is 0 Å². The van der Waals surface area contributed by atoms with Crippen LogP contribution in [0.4, 0.5) is 0 Å². The molecule has 5 atom stereocenters. The number of carboxylic acids is 2. The topological polar surface area (TPSA) is 220 Å². The lowest BCUT2D eigenvalue weighted by atomic mass is 9.92. The summed E-state index contributed by atoms with van der Waals surface area (Å²) < 4.78 is 33.0. The van der Waals surface area contributed by atoms with Gasteiger partial charge in [0.05, 0.1) is 29.1 Å². The van der Waals surface area contributed by atoms with Gasteiger partial charge in [-0.05, 0) is 30.3 Å². The zero-order valence-electron chi connectivity index (χ0n) is 16.6. The van der Waals surface area contributed by atoms with Crippen LogP contribution in [0.15, 0.2) is 41.0 Å². The van der Waals surface area contributed by atoms with E-state index < -0.39 is 70.6 Å². The summed E-state index contributed by atoms with van der Waals surface area (Å²) in [5, 5.41) is 49.8. The minimum Gasteiger partial charge on any atom is -0.478 e. The summed E-state index contributed by atoms with van der Waals surface area (Å²) in [5.74, 6) is -4.34. The van der Waals surface area contributed by atoms with Crippen molar-refractivity contribution in [3.63, 3.8) is 0 Å². The van der Waals surface area contributed by atoms with Crippen LogP contribution in [0.2, 0.25) is 0 Å². The molecular weight excluding hydrogens is 452 g/mol. The molecule has 32 heavy (non-hydrogen) atoms. The van der Waals surface area contributed by atoms with Crippen LogP contribution in [0.1, 0.15) is 17.3 Å². The van der Waals surface area contributed by atoms with Crippen molar-refractivity contribution in [2.24, 2.45) is 0 Å². The third-order valence-electron chi connectivity index (χ3n) is 4.54. The van der Waals surface area contributed by atoms with Gasteiger partial charge >= 0.3 is 11.9 Å². The van der Waals surface area contributed by atoms with Gasteiger partial charge in [0.25, 0.3) is 0 Å². The van der Waals surface area contributed by atoms with E-state index in [1.807, 2.05) is 0 Å². The van der Waals surface area contributed by atoms with Crippen molar-refractivity contribution in [2.45, 2.75) is 42.2 Å². The largest absolute Gasteiger partial charge is 0.478 e. The van der Waals surface area contributed by atoms with Crippen LogP contribution in [0, 0.1) is 0 Å². The number of benzene rings is 1. The summed E-state index contributed by atoms with van der Waals surface area (Å²) in [6.07, 6.45) is -4.48. The first-order valence-electron chi connectivity index (χ1n) is 9.09. The molecule has 1 amide bonds. The summed E-state index contributed by atoms with van der Waals surface area (Å²) in [5.41, 5.74) is -0.166. The molecule has 176 valence electrons. The smallest absolute Gasteiger partial charge is 0.370 e. The van der Waals surface area contributed by atoms with Gasteiger partial charge in [-0.25, -0.2) is 22.7 Å². The van der Waals surface area contributed by atoms with Crippen LogP contribution >= 0.6 is 0 Å². The van der Waals surface area contributed by atoms with Crippen molar-refractivity contribution in [1.82, 2.24) is 10.0 Å². The molecule has 1 aliphatic heterocycles. The van der Waals surface area contributed by atoms with E-state index in [0.717, 1.165) is 37.3 Å². The Morgan fingerprint density at radius 3 is 2.16 bits per heavy atom. The van der Waals surface area contributed by atoms with Gasteiger partial charge in [-0.3, -0.25) is 4.79 Å². The van der Waals surface area contributed by atoms with Crippen LogP contribution in [0.3, 0.4) is 0 Å². The van der Waals surface area contributed by atoms with Gasteiger partial charge in [0, 0.05) is 6.92 Å². The summed E-state index contributed by atoms with van der Waals surface area (Å²) in [4.78, 5) is 33.8. The molecule has 1 aromatic carbocycles. The number of carbonyl (C=O) groups is 3. The van der Waals surface area contributed by atoms with Crippen molar-refractivity contribution in [1.29, 1.82) is 0 Å². The molecule has 14 heteroatoms. The average molecular weight is 474 g/mol. The molecule has 0 fully saturated rings. The first-order chi connectivity index (χ1) is 14.9. The Balaban J connectivity index is 2.47. The number of carboxylic acid groups (broad SMARTS) is 2. The highest BCUT2D eigenvalue weighted by Crippen LogP contribution is 2.24. The van der Waals surface area contributed by atoms with Crippen molar-refractivity contribution in [3.8, 4) is 0 Å². The Labute approximate surface area is 182 Å². The number of nitrogens with one attached hydrogen (secondary N) is 2. The summed E-state index contributed by atoms with van der Waals surface area (Å²) in [6.45, 7) is 0.158. The van der Waals surface area contributed by atoms with E-state index in [1.165, 1.54) is 0 Å². The fraction of sp³-hybridized carbons (Fsp3) is 0.389.